The van der Waals surface area contributed by atoms with Crippen molar-refractivity contribution in [2.24, 2.45) is 0 Å². The average Bonchev–Trinajstić information content (AvgIpc) is 2.89. The van der Waals surface area contributed by atoms with Crippen LogP contribution in [0, 0.1) is 27.7 Å². The fourth-order valence-corrected chi connectivity index (χ4v) is 4.63. The topological polar surface area (TPSA) is 76.7 Å². The van der Waals surface area contributed by atoms with E-state index in [1.807, 2.05) is 88.4 Å². The van der Waals surface area contributed by atoms with Gasteiger partial charge in [-0.2, -0.15) is 0 Å². The molecule has 0 atom stereocenters. The first-order valence-corrected chi connectivity index (χ1v) is 12.9. The highest BCUT2D eigenvalue weighted by Gasteiger charge is 2.27. The third-order valence-corrected chi connectivity index (χ3v) is 6.79. The fraction of sp³-hybridized carbons (Fsp3) is 0.212. The van der Waals surface area contributed by atoms with Crippen molar-refractivity contribution < 1.29 is 19.1 Å². The molecule has 6 heteroatoms. The highest BCUT2D eigenvalue weighted by molar-refractivity contribution is 5.87. The Morgan fingerprint density at radius 3 is 1.18 bits per heavy atom. The SMILES string of the molecule is Cc1cc(C(C)(C)c2cc(C)c(OC(=O)Nc3ccccc3)c(C)c2)cc(C)c1OC(=O)Nc1ccccc1. The minimum Gasteiger partial charge on any atom is -0.410 e. The van der Waals surface area contributed by atoms with Crippen LogP contribution in [0.4, 0.5) is 21.0 Å². The number of para-hydroxylation sites is 2. The number of anilines is 2. The smallest absolute Gasteiger partial charge is 0.410 e. The minimum atomic E-state index is -0.530. The summed E-state index contributed by atoms with van der Waals surface area (Å²) in [7, 11) is 0. The molecule has 0 heterocycles. The normalized spacial score (nSPS) is 11.0. The maximum absolute atomic E-state index is 12.5. The van der Waals surface area contributed by atoms with E-state index in [0.717, 1.165) is 33.4 Å². The van der Waals surface area contributed by atoms with Gasteiger partial charge in [0.25, 0.3) is 0 Å². The zero-order chi connectivity index (χ0) is 28.2. The number of rotatable bonds is 6. The number of benzene rings is 4. The lowest BCUT2D eigenvalue weighted by molar-refractivity contribution is 0.213. The van der Waals surface area contributed by atoms with Crippen molar-refractivity contribution in [3.63, 3.8) is 0 Å². The van der Waals surface area contributed by atoms with Crippen LogP contribution in [0.25, 0.3) is 0 Å². The van der Waals surface area contributed by atoms with E-state index in [2.05, 4.69) is 48.7 Å². The molecule has 0 fully saturated rings. The summed E-state index contributed by atoms with van der Waals surface area (Å²) in [5.41, 5.74) is 6.63. The van der Waals surface area contributed by atoms with E-state index >= 15 is 0 Å². The molecule has 0 aliphatic carbocycles. The molecular formula is C33H34N2O4. The van der Waals surface area contributed by atoms with Gasteiger partial charge in [0.2, 0.25) is 0 Å². The van der Waals surface area contributed by atoms with Crippen LogP contribution in [-0.2, 0) is 5.41 Å². The van der Waals surface area contributed by atoms with Crippen molar-refractivity contribution in [1.29, 1.82) is 0 Å². The van der Waals surface area contributed by atoms with Gasteiger partial charge in [0, 0.05) is 16.8 Å². The first-order valence-electron chi connectivity index (χ1n) is 12.9. The first-order chi connectivity index (χ1) is 18.5. The maximum atomic E-state index is 12.5. The Kier molecular flexibility index (Phi) is 8.05. The molecule has 0 radical (unpaired) electrons. The lowest BCUT2D eigenvalue weighted by Crippen LogP contribution is -2.22. The summed E-state index contributed by atoms with van der Waals surface area (Å²) < 4.78 is 11.4. The summed E-state index contributed by atoms with van der Waals surface area (Å²) in [5, 5.41) is 5.52. The third kappa shape index (κ3) is 6.47. The van der Waals surface area contributed by atoms with Gasteiger partial charge in [0.1, 0.15) is 11.5 Å². The molecule has 4 aromatic rings. The lowest BCUT2D eigenvalue weighted by atomic mass is 9.76. The molecule has 4 aromatic carbocycles. The highest BCUT2D eigenvalue weighted by atomic mass is 16.6. The van der Waals surface area contributed by atoms with Gasteiger partial charge in [-0.3, -0.25) is 10.6 Å². The Balaban J connectivity index is 1.53. The van der Waals surface area contributed by atoms with Gasteiger partial charge in [-0.1, -0.05) is 74.5 Å². The summed E-state index contributed by atoms with van der Waals surface area (Å²) in [6.07, 6.45) is -1.06. The molecule has 0 aliphatic rings. The number of ether oxygens (including phenoxy) is 2. The Morgan fingerprint density at radius 2 is 0.872 bits per heavy atom. The molecule has 0 aliphatic heterocycles. The number of hydrogen-bond donors (Lipinski definition) is 2. The molecule has 4 rings (SSSR count). The molecule has 0 saturated carbocycles. The van der Waals surface area contributed by atoms with Crippen molar-refractivity contribution in [2.45, 2.75) is 47.0 Å². The standard InChI is InChI=1S/C33H34N2O4/c1-21-17-25(18-22(2)29(21)38-31(36)34-27-13-9-7-10-14-27)33(5,6)26-19-23(3)30(24(4)20-26)39-32(37)35-28-15-11-8-12-16-28/h7-20H,1-6H3,(H,34,36)(H,35,37). The van der Waals surface area contributed by atoms with Crippen molar-refractivity contribution >= 4 is 23.6 Å². The number of aryl methyl sites for hydroxylation is 4. The molecule has 200 valence electrons. The van der Waals surface area contributed by atoms with E-state index in [9.17, 15) is 9.59 Å². The van der Waals surface area contributed by atoms with Gasteiger partial charge in [0.05, 0.1) is 0 Å². The van der Waals surface area contributed by atoms with Crippen LogP contribution in [-0.4, -0.2) is 12.2 Å². The Hall–Kier alpha value is -4.58. The molecule has 2 amide bonds. The zero-order valence-corrected chi connectivity index (χ0v) is 23.2. The second kappa shape index (κ2) is 11.4. The van der Waals surface area contributed by atoms with Crippen LogP contribution in [0.5, 0.6) is 11.5 Å². The predicted molar refractivity (Wildman–Crippen MR) is 156 cm³/mol. The Labute approximate surface area is 230 Å². The molecule has 0 aromatic heterocycles. The maximum Gasteiger partial charge on any atom is 0.417 e. The van der Waals surface area contributed by atoms with Gasteiger partial charge in [0.15, 0.2) is 0 Å². The van der Waals surface area contributed by atoms with E-state index in [0.29, 0.717) is 22.9 Å². The summed E-state index contributed by atoms with van der Waals surface area (Å²) in [6, 6.07) is 26.6. The molecular weight excluding hydrogens is 488 g/mol. The van der Waals surface area contributed by atoms with E-state index in [1.54, 1.807) is 0 Å². The average molecular weight is 523 g/mol. The number of hydrogen-bond acceptors (Lipinski definition) is 4. The van der Waals surface area contributed by atoms with Gasteiger partial charge in [-0.05, 0) is 85.3 Å². The first kappa shape index (κ1) is 27.5. The molecule has 0 spiro atoms. The monoisotopic (exact) mass is 522 g/mol. The molecule has 0 unspecified atom stereocenters. The van der Waals surface area contributed by atoms with Crippen LogP contribution in [0.2, 0.25) is 0 Å². The van der Waals surface area contributed by atoms with Crippen LogP contribution < -0.4 is 20.1 Å². The zero-order valence-electron chi connectivity index (χ0n) is 23.2. The highest BCUT2D eigenvalue weighted by Crippen LogP contribution is 2.38. The van der Waals surface area contributed by atoms with E-state index < -0.39 is 12.2 Å². The summed E-state index contributed by atoms with van der Waals surface area (Å²) in [5.74, 6) is 1.09. The Morgan fingerprint density at radius 1 is 0.564 bits per heavy atom. The predicted octanol–water partition coefficient (Wildman–Crippen LogP) is 8.47. The molecule has 0 bridgehead atoms. The van der Waals surface area contributed by atoms with Crippen molar-refractivity contribution in [3.8, 4) is 11.5 Å². The second-order valence-electron chi connectivity index (χ2n) is 10.3. The molecule has 6 nitrogen and oxygen atoms in total. The van der Waals surface area contributed by atoms with Crippen LogP contribution >= 0.6 is 0 Å². The quantitative estimate of drug-likeness (QED) is 0.266. The van der Waals surface area contributed by atoms with Gasteiger partial charge in [-0.15, -0.1) is 0 Å². The van der Waals surface area contributed by atoms with Crippen molar-refractivity contribution in [1.82, 2.24) is 0 Å². The molecule has 2 N–H and O–H groups in total. The van der Waals surface area contributed by atoms with Crippen LogP contribution in [0.15, 0.2) is 84.9 Å². The largest absolute Gasteiger partial charge is 0.417 e. The minimum absolute atomic E-state index is 0.360. The second-order valence-corrected chi connectivity index (χ2v) is 10.3. The number of amides is 2. The van der Waals surface area contributed by atoms with E-state index in [1.165, 1.54) is 0 Å². The van der Waals surface area contributed by atoms with E-state index in [4.69, 9.17) is 9.47 Å². The summed E-state index contributed by atoms with van der Waals surface area (Å²) in [4.78, 5) is 25.0. The molecule has 0 saturated heterocycles. The Bertz CT molecular complexity index is 1340. The van der Waals surface area contributed by atoms with Gasteiger partial charge >= 0.3 is 12.2 Å². The van der Waals surface area contributed by atoms with Crippen molar-refractivity contribution in [3.05, 3.63) is 118 Å². The number of carbonyl (C=O) groups excluding carboxylic acids is 2. The summed E-state index contributed by atoms with van der Waals surface area (Å²) >= 11 is 0. The summed E-state index contributed by atoms with van der Waals surface area (Å²) in [6.45, 7) is 12.1. The fourth-order valence-electron chi connectivity index (χ4n) is 4.63. The number of carbonyl (C=O) groups is 2. The van der Waals surface area contributed by atoms with Gasteiger partial charge in [-0.25, -0.2) is 9.59 Å². The third-order valence-electron chi connectivity index (χ3n) is 6.79. The van der Waals surface area contributed by atoms with Crippen LogP contribution in [0.3, 0.4) is 0 Å². The number of nitrogens with one attached hydrogen (secondary N) is 2. The van der Waals surface area contributed by atoms with Gasteiger partial charge < -0.3 is 9.47 Å². The lowest BCUT2D eigenvalue weighted by Gasteiger charge is -2.29. The van der Waals surface area contributed by atoms with Crippen molar-refractivity contribution in [2.75, 3.05) is 10.6 Å². The molecule has 39 heavy (non-hydrogen) atoms. The van der Waals surface area contributed by atoms with Crippen LogP contribution in [0.1, 0.15) is 47.2 Å². The van der Waals surface area contributed by atoms with E-state index in [-0.39, 0.29) is 5.41 Å².